The summed E-state index contributed by atoms with van der Waals surface area (Å²) in [5.41, 5.74) is 5.59. The lowest BCUT2D eigenvalue weighted by molar-refractivity contribution is -0.119. The van der Waals surface area contributed by atoms with E-state index in [4.69, 9.17) is 10.8 Å². The molecule has 0 saturated carbocycles. The largest absolute Gasteiger partial charge is 0.478 e. The van der Waals surface area contributed by atoms with Gasteiger partial charge in [-0.15, -0.1) is 0 Å². The van der Waals surface area contributed by atoms with Crippen molar-refractivity contribution in [3.63, 3.8) is 0 Å². The van der Waals surface area contributed by atoms with Crippen LogP contribution >= 0.6 is 0 Å². The number of nitrogens with one attached hydrogen (secondary N) is 2. The molecule has 0 aromatic heterocycles. The number of nitrogens with two attached hydrogens (primary N) is 1. The van der Waals surface area contributed by atoms with Gasteiger partial charge in [0.05, 0.1) is 23.0 Å². The first-order valence-electron chi connectivity index (χ1n) is 5.33. The van der Waals surface area contributed by atoms with E-state index < -0.39 is 17.3 Å². The third-order valence-corrected chi connectivity index (χ3v) is 2.71. The van der Waals surface area contributed by atoms with Crippen LogP contribution in [0.2, 0.25) is 0 Å². The summed E-state index contributed by atoms with van der Waals surface area (Å²) in [5.74, 6) is -2.33. The van der Waals surface area contributed by atoms with Crippen LogP contribution in [0.1, 0.15) is 16.8 Å². The van der Waals surface area contributed by atoms with E-state index in [0.717, 1.165) is 12.1 Å². The lowest BCUT2D eigenvalue weighted by Crippen LogP contribution is -2.23. The van der Waals surface area contributed by atoms with Gasteiger partial charge in [-0.05, 0) is 12.1 Å². The van der Waals surface area contributed by atoms with Crippen LogP contribution in [-0.2, 0) is 4.79 Å². The molecule has 1 amide bonds. The van der Waals surface area contributed by atoms with Gasteiger partial charge < -0.3 is 21.5 Å². The molecule has 2 rings (SSSR count). The maximum Gasteiger partial charge on any atom is 0.338 e. The van der Waals surface area contributed by atoms with Crippen LogP contribution < -0.4 is 16.4 Å². The van der Waals surface area contributed by atoms with Crippen molar-refractivity contribution in [2.45, 2.75) is 12.5 Å². The smallest absolute Gasteiger partial charge is 0.338 e. The molecule has 0 aliphatic carbocycles. The second-order valence-corrected chi connectivity index (χ2v) is 4.07. The SMILES string of the molecule is Nc1cc(C(=O)O)c(F)cc1NC1CNC(=O)C1. The monoisotopic (exact) mass is 253 g/mol. The normalized spacial score (nSPS) is 18.5. The van der Waals surface area contributed by atoms with Crippen molar-refractivity contribution in [1.29, 1.82) is 0 Å². The number of hydrogen-bond acceptors (Lipinski definition) is 4. The summed E-state index contributed by atoms with van der Waals surface area (Å²) in [4.78, 5) is 21.7. The van der Waals surface area contributed by atoms with Gasteiger partial charge >= 0.3 is 5.97 Å². The molecule has 1 unspecified atom stereocenters. The Bertz CT molecular complexity index is 519. The number of carboxylic acids is 1. The Labute approximate surface area is 102 Å². The predicted octanol–water partition coefficient (Wildman–Crippen LogP) is 0.407. The minimum absolute atomic E-state index is 0.0892. The first-order chi connectivity index (χ1) is 8.47. The summed E-state index contributed by atoms with van der Waals surface area (Å²) < 4.78 is 13.5. The quantitative estimate of drug-likeness (QED) is 0.584. The molecular weight excluding hydrogens is 241 g/mol. The molecule has 1 fully saturated rings. The molecule has 0 bridgehead atoms. The van der Waals surface area contributed by atoms with Gasteiger partial charge in [-0.25, -0.2) is 9.18 Å². The van der Waals surface area contributed by atoms with Crippen molar-refractivity contribution in [2.24, 2.45) is 0 Å². The number of benzene rings is 1. The van der Waals surface area contributed by atoms with Crippen LogP contribution in [0, 0.1) is 5.82 Å². The van der Waals surface area contributed by atoms with E-state index in [-0.39, 0.29) is 24.1 Å². The molecule has 1 aromatic carbocycles. The fourth-order valence-corrected chi connectivity index (χ4v) is 1.81. The number of aromatic carboxylic acids is 1. The molecule has 7 heteroatoms. The topological polar surface area (TPSA) is 104 Å². The van der Waals surface area contributed by atoms with Gasteiger partial charge in [0.15, 0.2) is 0 Å². The summed E-state index contributed by atoms with van der Waals surface area (Å²) in [5, 5.41) is 14.3. The molecule has 0 spiro atoms. The number of rotatable bonds is 3. The Balaban J connectivity index is 2.21. The summed E-state index contributed by atoms with van der Waals surface area (Å²) in [7, 11) is 0. The second kappa shape index (κ2) is 4.52. The number of anilines is 2. The van der Waals surface area contributed by atoms with Crippen LogP contribution in [0.5, 0.6) is 0 Å². The first-order valence-corrected chi connectivity index (χ1v) is 5.33. The molecule has 5 N–H and O–H groups in total. The summed E-state index contributed by atoms with van der Waals surface area (Å²) in [6.45, 7) is 0.431. The molecule has 6 nitrogen and oxygen atoms in total. The molecule has 1 heterocycles. The molecular formula is C11H12FN3O3. The minimum Gasteiger partial charge on any atom is -0.478 e. The Hall–Kier alpha value is -2.31. The number of carbonyl (C=O) groups is 2. The maximum atomic E-state index is 13.5. The highest BCUT2D eigenvalue weighted by Crippen LogP contribution is 2.24. The average molecular weight is 253 g/mol. The molecule has 1 aromatic rings. The van der Waals surface area contributed by atoms with Gasteiger partial charge in [0.2, 0.25) is 5.91 Å². The van der Waals surface area contributed by atoms with E-state index in [1.807, 2.05) is 0 Å². The number of carboxylic acid groups (broad SMARTS) is 1. The Morgan fingerprint density at radius 1 is 1.56 bits per heavy atom. The molecule has 18 heavy (non-hydrogen) atoms. The molecule has 96 valence electrons. The van der Waals surface area contributed by atoms with E-state index in [0.29, 0.717) is 12.2 Å². The second-order valence-electron chi connectivity index (χ2n) is 4.07. The van der Waals surface area contributed by atoms with E-state index in [2.05, 4.69) is 10.6 Å². The third-order valence-electron chi connectivity index (χ3n) is 2.71. The fourth-order valence-electron chi connectivity index (χ4n) is 1.81. The molecule has 1 aliphatic rings. The zero-order valence-corrected chi connectivity index (χ0v) is 9.37. The number of halogens is 1. The molecule has 0 radical (unpaired) electrons. The van der Waals surface area contributed by atoms with Crippen molar-refractivity contribution in [2.75, 3.05) is 17.6 Å². The van der Waals surface area contributed by atoms with Gasteiger partial charge in [0, 0.05) is 13.0 Å². The highest BCUT2D eigenvalue weighted by Gasteiger charge is 2.22. The lowest BCUT2D eigenvalue weighted by Gasteiger charge is -2.14. The molecule has 1 aliphatic heterocycles. The van der Waals surface area contributed by atoms with Gasteiger partial charge in [-0.1, -0.05) is 0 Å². The highest BCUT2D eigenvalue weighted by molar-refractivity contribution is 5.91. The van der Waals surface area contributed by atoms with Crippen molar-refractivity contribution in [1.82, 2.24) is 5.32 Å². The van der Waals surface area contributed by atoms with E-state index in [1.54, 1.807) is 0 Å². The van der Waals surface area contributed by atoms with Crippen LogP contribution in [0.4, 0.5) is 15.8 Å². The number of nitrogen functional groups attached to an aromatic ring is 1. The zero-order valence-electron chi connectivity index (χ0n) is 9.37. The summed E-state index contributed by atoms with van der Waals surface area (Å²) in [6.07, 6.45) is 0.280. The van der Waals surface area contributed by atoms with Crippen molar-refractivity contribution < 1.29 is 19.1 Å². The Morgan fingerprint density at radius 3 is 2.83 bits per heavy atom. The number of amides is 1. The standard InChI is InChI=1S/C11H12FN3O3/c12-7-3-9(8(13)2-6(7)11(17)18)15-5-1-10(16)14-4-5/h2-3,5,15H,1,4,13H2,(H,14,16)(H,17,18). The van der Waals surface area contributed by atoms with E-state index >= 15 is 0 Å². The van der Waals surface area contributed by atoms with Gasteiger partial charge in [-0.3, -0.25) is 4.79 Å². The zero-order chi connectivity index (χ0) is 13.3. The molecule has 1 atom stereocenters. The lowest BCUT2D eigenvalue weighted by atomic mass is 10.1. The third kappa shape index (κ3) is 2.34. The van der Waals surface area contributed by atoms with Crippen molar-refractivity contribution in [3.05, 3.63) is 23.5 Å². The summed E-state index contributed by atoms with van der Waals surface area (Å²) >= 11 is 0. The van der Waals surface area contributed by atoms with Crippen molar-refractivity contribution in [3.8, 4) is 0 Å². The Kier molecular flexibility index (Phi) is 3.05. The van der Waals surface area contributed by atoms with Gasteiger partial charge in [-0.2, -0.15) is 0 Å². The number of carbonyl (C=O) groups excluding carboxylic acids is 1. The molecule has 1 saturated heterocycles. The van der Waals surface area contributed by atoms with E-state index in [9.17, 15) is 14.0 Å². The first kappa shape index (κ1) is 12.2. The van der Waals surface area contributed by atoms with Gasteiger partial charge in [0.1, 0.15) is 5.82 Å². The highest BCUT2D eigenvalue weighted by atomic mass is 19.1. The average Bonchev–Trinajstić information content (AvgIpc) is 2.68. The summed E-state index contributed by atoms with van der Waals surface area (Å²) in [6, 6.07) is 1.92. The van der Waals surface area contributed by atoms with E-state index in [1.165, 1.54) is 0 Å². The maximum absolute atomic E-state index is 13.5. The Morgan fingerprint density at radius 2 is 2.28 bits per heavy atom. The van der Waals surface area contributed by atoms with Crippen LogP contribution in [0.25, 0.3) is 0 Å². The predicted molar refractivity (Wildman–Crippen MR) is 62.8 cm³/mol. The van der Waals surface area contributed by atoms with Crippen LogP contribution in [0.15, 0.2) is 12.1 Å². The van der Waals surface area contributed by atoms with Crippen molar-refractivity contribution >= 4 is 23.3 Å². The van der Waals surface area contributed by atoms with Gasteiger partial charge in [0.25, 0.3) is 0 Å². The number of hydrogen-bond donors (Lipinski definition) is 4. The van der Waals surface area contributed by atoms with Crippen LogP contribution in [0.3, 0.4) is 0 Å². The minimum atomic E-state index is -1.37. The fraction of sp³-hybridized carbons (Fsp3) is 0.273. The van der Waals surface area contributed by atoms with Crippen LogP contribution in [-0.4, -0.2) is 29.6 Å².